The molecule has 0 aliphatic rings. The molecule has 0 saturated carbocycles. The maximum atomic E-state index is 5.95. The van der Waals surface area contributed by atoms with E-state index in [1.54, 1.807) is 11.3 Å². The van der Waals surface area contributed by atoms with Gasteiger partial charge in [0.25, 0.3) is 0 Å². The Kier molecular flexibility index (Phi) is 5.09. The third-order valence-corrected chi connectivity index (χ3v) is 3.73. The van der Waals surface area contributed by atoms with Gasteiger partial charge in [-0.2, -0.15) is 0 Å². The monoisotopic (exact) mass is 226 g/mol. The van der Waals surface area contributed by atoms with Crippen molar-refractivity contribution in [1.29, 1.82) is 0 Å². The smallest absolute Gasteiger partial charge is 0.109 e. The first kappa shape index (κ1) is 12.5. The van der Waals surface area contributed by atoms with Crippen LogP contribution in [0.25, 0.3) is 0 Å². The lowest BCUT2D eigenvalue weighted by molar-refractivity contribution is 0.661. The van der Waals surface area contributed by atoms with Crippen LogP contribution < -0.4 is 5.73 Å². The molecule has 0 saturated heterocycles. The normalized spacial score (nSPS) is 11.2. The summed E-state index contributed by atoms with van der Waals surface area (Å²) in [6.07, 6.45) is 6.17. The highest BCUT2D eigenvalue weighted by molar-refractivity contribution is 7.15. The number of hydrogen-bond donors (Lipinski definition) is 1. The van der Waals surface area contributed by atoms with E-state index in [-0.39, 0.29) is 0 Å². The van der Waals surface area contributed by atoms with Gasteiger partial charge in [-0.05, 0) is 12.8 Å². The third-order valence-electron chi connectivity index (χ3n) is 2.51. The van der Waals surface area contributed by atoms with Crippen molar-refractivity contribution in [2.24, 2.45) is 0 Å². The molecule has 1 aromatic heterocycles. The van der Waals surface area contributed by atoms with Crippen LogP contribution in [-0.4, -0.2) is 4.98 Å². The van der Waals surface area contributed by atoms with E-state index in [9.17, 15) is 0 Å². The maximum Gasteiger partial charge on any atom is 0.109 e. The first-order valence-electron chi connectivity index (χ1n) is 5.90. The van der Waals surface area contributed by atoms with Crippen molar-refractivity contribution >= 4 is 16.3 Å². The Morgan fingerprint density at radius 3 is 2.53 bits per heavy atom. The summed E-state index contributed by atoms with van der Waals surface area (Å²) in [6, 6.07) is 0. The van der Waals surface area contributed by atoms with Crippen molar-refractivity contribution < 1.29 is 0 Å². The molecule has 0 aliphatic carbocycles. The van der Waals surface area contributed by atoms with Gasteiger partial charge >= 0.3 is 0 Å². The summed E-state index contributed by atoms with van der Waals surface area (Å²) in [5, 5.41) is 2.10. The molecule has 1 heterocycles. The molecule has 0 spiro atoms. The van der Waals surface area contributed by atoms with Gasteiger partial charge in [-0.15, -0.1) is 11.3 Å². The first-order chi connectivity index (χ1) is 7.15. The zero-order chi connectivity index (χ0) is 11.3. The first-order valence-corrected chi connectivity index (χ1v) is 6.71. The minimum atomic E-state index is 0.502. The summed E-state index contributed by atoms with van der Waals surface area (Å²) in [5.41, 5.74) is 7.07. The van der Waals surface area contributed by atoms with Crippen LogP contribution in [-0.2, 0) is 6.42 Å². The Morgan fingerprint density at radius 2 is 2.00 bits per heavy atom. The van der Waals surface area contributed by atoms with Crippen molar-refractivity contribution in [3.8, 4) is 0 Å². The van der Waals surface area contributed by atoms with Gasteiger partial charge in [-0.1, -0.05) is 40.0 Å². The lowest BCUT2D eigenvalue weighted by Gasteiger charge is -1.98. The van der Waals surface area contributed by atoms with E-state index >= 15 is 0 Å². The van der Waals surface area contributed by atoms with Gasteiger partial charge in [0.15, 0.2) is 0 Å². The fourth-order valence-electron chi connectivity index (χ4n) is 1.53. The largest absolute Gasteiger partial charge is 0.389 e. The number of nitrogens with two attached hydrogens (primary N) is 1. The van der Waals surface area contributed by atoms with Crippen LogP contribution in [0.4, 0.5) is 5.00 Å². The molecule has 0 aromatic carbocycles. The van der Waals surface area contributed by atoms with Gasteiger partial charge in [-0.3, -0.25) is 0 Å². The minimum absolute atomic E-state index is 0.502. The summed E-state index contributed by atoms with van der Waals surface area (Å²) < 4.78 is 0. The molecule has 1 rings (SSSR count). The Morgan fingerprint density at radius 1 is 1.27 bits per heavy atom. The summed E-state index contributed by atoms with van der Waals surface area (Å²) >= 11 is 1.65. The molecule has 3 heteroatoms. The van der Waals surface area contributed by atoms with Gasteiger partial charge in [-0.25, -0.2) is 4.98 Å². The number of thiazole rings is 1. The lowest BCUT2D eigenvalue weighted by atomic mass is 10.1. The van der Waals surface area contributed by atoms with Crippen molar-refractivity contribution in [2.75, 3.05) is 5.73 Å². The standard InChI is InChI=1S/C12H22N2S/c1-4-5-6-7-8-10-11(13)15-12(14-10)9(2)3/h9H,4-8,13H2,1-3H3. The molecule has 0 bridgehead atoms. The number of hydrogen-bond acceptors (Lipinski definition) is 3. The van der Waals surface area contributed by atoms with Gasteiger partial charge in [0.1, 0.15) is 5.00 Å². The summed E-state index contributed by atoms with van der Waals surface area (Å²) in [7, 11) is 0. The fourth-order valence-corrected chi connectivity index (χ4v) is 2.41. The Labute approximate surface area is 96.9 Å². The number of anilines is 1. The van der Waals surface area contributed by atoms with Gasteiger partial charge in [0.2, 0.25) is 0 Å². The number of nitrogens with zero attached hydrogens (tertiary/aromatic N) is 1. The van der Waals surface area contributed by atoms with Crippen LogP contribution in [0, 0.1) is 0 Å². The molecule has 0 unspecified atom stereocenters. The van der Waals surface area contributed by atoms with Gasteiger partial charge in [0.05, 0.1) is 10.7 Å². The Hall–Kier alpha value is -0.570. The molecule has 0 atom stereocenters. The van der Waals surface area contributed by atoms with E-state index in [1.165, 1.54) is 30.7 Å². The van der Waals surface area contributed by atoms with Crippen molar-refractivity contribution in [2.45, 2.75) is 58.8 Å². The molecule has 0 amide bonds. The molecular weight excluding hydrogens is 204 g/mol. The molecular formula is C12H22N2S. The Bertz CT molecular complexity index is 292. The predicted molar refractivity (Wildman–Crippen MR) is 68.5 cm³/mol. The minimum Gasteiger partial charge on any atom is -0.389 e. The highest BCUT2D eigenvalue weighted by Crippen LogP contribution is 2.27. The number of nitrogen functional groups attached to an aromatic ring is 1. The van der Waals surface area contributed by atoms with Crippen LogP contribution in [0.1, 0.15) is 63.1 Å². The molecule has 2 nitrogen and oxygen atoms in total. The van der Waals surface area contributed by atoms with Crippen LogP contribution in [0.5, 0.6) is 0 Å². The quantitative estimate of drug-likeness (QED) is 0.745. The molecule has 0 aliphatic heterocycles. The SMILES string of the molecule is CCCCCCc1nc(C(C)C)sc1N. The Balaban J connectivity index is 2.46. The van der Waals surface area contributed by atoms with E-state index < -0.39 is 0 Å². The van der Waals surface area contributed by atoms with E-state index in [0.717, 1.165) is 17.1 Å². The summed E-state index contributed by atoms with van der Waals surface area (Å²) in [5.74, 6) is 0.502. The molecule has 2 N–H and O–H groups in total. The zero-order valence-electron chi connectivity index (χ0n) is 10.0. The molecule has 15 heavy (non-hydrogen) atoms. The van der Waals surface area contributed by atoms with E-state index in [4.69, 9.17) is 5.73 Å². The average molecular weight is 226 g/mol. The second-order valence-corrected chi connectivity index (χ2v) is 5.39. The van der Waals surface area contributed by atoms with Crippen LogP contribution in [0.3, 0.4) is 0 Å². The second kappa shape index (κ2) is 6.11. The van der Waals surface area contributed by atoms with Crippen LogP contribution >= 0.6 is 11.3 Å². The maximum absolute atomic E-state index is 5.95. The van der Waals surface area contributed by atoms with E-state index in [1.807, 2.05) is 0 Å². The van der Waals surface area contributed by atoms with Crippen LogP contribution in [0.2, 0.25) is 0 Å². The predicted octanol–water partition coefficient (Wildman–Crippen LogP) is 3.97. The molecule has 0 fully saturated rings. The fraction of sp³-hybridized carbons (Fsp3) is 0.750. The zero-order valence-corrected chi connectivity index (χ0v) is 10.9. The van der Waals surface area contributed by atoms with Gasteiger partial charge < -0.3 is 5.73 Å². The second-order valence-electron chi connectivity index (χ2n) is 4.33. The molecule has 1 aromatic rings. The van der Waals surface area contributed by atoms with Crippen LogP contribution in [0.15, 0.2) is 0 Å². The van der Waals surface area contributed by atoms with E-state index in [2.05, 4.69) is 25.8 Å². The lowest BCUT2D eigenvalue weighted by Crippen LogP contribution is -1.93. The average Bonchev–Trinajstić information content (AvgIpc) is 2.55. The molecule has 86 valence electrons. The number of aryl methyl sites for hydroxylation is 1. The van der Waals surface area contributed by atoms with Crippen molar-refractivity contribution in [3.05, 3.63) is 10.7 Å². The summed E-state index contributed by atoms with van der Waals surface area (Å²) in [4.78, 5) is 4.60. The highest BCUT2D eigenvalue weighted by atomic mass is 32.1. The topological polar surface area (TPSA) is 38.9 Å². The van der Waals surface area contributed by atoms with Gasteiger partial charge in [0, 0.05) is 5.92 Å². The third kappa shape index (κ3) is 3.82. The summed E-state index contributed by atoms with van der Waals surface area (Å²) in [6.45, 7) is 6.56. The number of unbranched alkanes of at least 4 members (excludes halogenated alkanes) is 3. The number of rotatable bonds is 6. The van der Waals surface area contributed by atoms with Crippen molar-refractivity contribution in [1.82, 2.24) is 4.98 Å². The highest BCUT2D eigenvalue weighted by Gasteiger charge is 2.10. The molecule has 0 radical (unpaired) electrons. The van der Waals surface area contributed by atoms with Crippen molar-refractivity contribution in [3.63, 3.8) is 0 Å². The van der Waals surface area contributed by atoms with E-state index in [0.29, 0.717) is 5.92 Å². The number of aromatic nitrogens is 1.